The van der Waals surface area contributed by atoms with Crippen LogP contribution in [0.1, 0.15) is 36.7 Å². The molecule has 0 radical (unpaired) electrons. The van der Waals surface area contributed by atoms with E-state index in [4.69, 9.17) is 5.11 Å². The summed E-state index contributed by atoms with van der Waals surface area (Å²) >= 11 is 0. The minimum Gasteiger partial charge on any atom is -0.478 e. The number of aryl methyl sites for hydroxylation is 1. The van der Waals surface area contributed by atoms with E-state index >= 15 is 0 Å². The highest BCUT2D eigenvalue weighted by atomic mass is 32.2. The van der Waals surface area contributed by atoms with E-state index < -0.39 is 16.0 Å². The van der Waals surface area contributed by atoms with Crippen LogP contribution in [0, 0.1) is 18.8 Å². The molecule has 5 nitrogen and oxygen atoms in total. The molecule has 1 rings (SSSR count). The second-order valence-electron chi connectivity index (χ2n) is 5.36. The average Bonchev–Trinajstić information content (AvgIpc) is 2.35. The number of benzene rings is 1. The van der Waals surface area contributed by atoms with Crippen LogP contribution in [0.15, 0.2) is 23.1 Å². The van der Waals surface area contributed by atoms with E-state index in [-0.39, 0.29) is 16.4 Å². The molecule has 112 valence electrons. The first-order chi connectivity index (χ1) is 9.15. The molecule has 0 aliphatic heterocycles. The minimum absolute atomic E-state index is 0.00443. The zero-order valence-corrected chi connectivity index (χ0v) is 13.0. The largest absolute Gasteiger partial charge is 0.478 e. The van der Waals surface area contributed by atoms with Gasteiger partial charge in [0.05, 0.1) is 10.5 Å². The average molecular weight is 299 g/mol. The van der Waals surface area contributed by atoms with Crippen molar-refractivity contribution < 1.29 is 18.3 Å². The van der Waals surface area contributed by atoms with Crippen molar-refractivity contribution in [1.82, 2.24) is 4.72 Å². The van der Waals surface area contributed by atoms with Gasteiger partial charge in [0, 0.05) is 6.54 Å². The minimum atomic E-state index is -3.67. The van der Waals surface area contributed by atoms with Gasteiger partial charge in [0.25, 0.3) is 0 Å². The van der Waals surface area contributed by atoms with Gasteiger partial charge in [-0.15, -0.1) is 0 Å². The number of hydrogen-bond donors (Lipinski definition) is 2. The van der Waals surface area contributed by atoms with E-state index in [2.05, 4.69) is 4.72 Å². The molecule has 0 aliphatic carbocycles. The Morgan fingerprint density at radius 3 is 2.40 bits per heavy atom. The maximum atomic E-state index is 12.1. The van der Waals surface area contributed by atoms with Crippen molar-refractivity contribution in [3.8, 4) is 0 Å². The summed E-state index contributed by atoms with van der Waals surface area (Å²) in [4.78, 5) is 11.0. The molecule has 0 fully saturated rings. The van der Waals surface area contributed by atoms with Crippen LogP contribution < -0.4 is 4.72 Å². The smallest absolute Gasteiger partial charge is 0.335 e. The third-order valence-electron chi connectivity index (χ3n) is 3.48. The van der Waals surface area contributed by atoms with Crippen molar-refractivity contribution in [2.24, 2.45) is 11.8 Å². The Kier molecular flexibility index (Phi) is 5.30. The van der Waals surface area contributed by atoms with E-state index in [1.807, 2.05) is 20.8 Å². The Balaban J connectivity index is 2.99. The van der Waals surface area contributed by atoms with Gasteiger partial charge in [-0.2, -0.15) is 0 Å². The fourth-order valence-electron chi connectivity index (χ4n) is 1.56. The lowest BCUT2D eigenvalue weighted by Gasteiger charge is -2.16. The molecule has 0 aliphatic rings. The van der Waals surface area contributed by atoms with Gasteiger partial charge in [-0.3, -0.25) is 0 Å². The first-order valence-corrected chi connectivity index (χ1v) is 7.97. The number of aromatic carboxylic acids is 1. The van der Waals surface area contributed by atoms with Crippen LogP contribution in [0.4, 0.5) is 0 Å². The maximum Gasteiger partial charge on any atom is 0.335 e. The van der Waals surface area contributed by atoms with Crippen molar-refractivity contribution in [1.29, 1.82) is 0 Å². The van der Waals surface area contributed by atoms with E-state index in [1.165, 1.54) is 18.2 Å². The van der Waals surface area contributed by atoms with Crippen LogP contribution in [0.25, 0.3) is 0 Å². The van der Waals surface area contributed by atoms with Gasteiger partial charge in [0.1, 0.15) is 0 Å². The van der Waals surface area contributed by atoms with Crippen molar-refractivity contribution in [3.05, 3.63) is 29.3 Å². The van der Waals surface area contributed by atoms with E-state index in [9.17, 15) is 13.2 Å². The lowest BCUT2D eigenvalue weighted by molar-refractivity contribution is 0.0696. The van der Waals surface area contributed by atoms with Gasteiger partial charge >= 0.3 is 5.97 Å². The molecule has 6 heteroatoms. The Morgan fingerprint density at radius 1 is 1.30 bits per heavy atom. The van der Waals surface area contributed by atoms with Crippen LogP contribution in [0.5, 0.6) is 0 Å². The van der Waals surface area contributed by atoms with Gasteiger partial charge < -0.3 is 5.11 Å². The number of rotatable bonds is 6. The van der Waals surface area contributed by atoms with E-state index in [0.717, 1.165) is 0 Å². The van der Waals surface area contributed by atoms with Crippen LogP contribution in [-0.2, 0) is 10.0 Å². The van der Waals surface area contributed by atoms with Crippen LogP contribution >= 0.6 is 0 Å². The second kappa shape index (κ2) is 6.37. The van der Waals surface area contributed by atoms with Crippen LogP contribution in [0.3, 0.4) is 0 Å². The second-order valence-corrected chi connectivity index (χ2v) is 7.12. The SMILES string of the molecule is Cc1ccc(S(=O)(=O)NCC(C)C(C)C)cc1C(=O)O. The summed E-state index contributed by atoms with van der Waals surface area (Å²) in [5.74, 6) is -0.561. The zero-order valence-electron chi connectivity index (χ0n) is 12.2. The molecule has 0 aromatic heterocycles. The standard InChI is InChI=1S/C14H21NO4S/c1-9(2)11(4)8-15-20(18,19)12-6-5-10(3)13(7-12)14(16)17/h5-7,9,11,15H,8H2,1-4H3,(H,16,17). The molecule has 0 saturated heterocycles. The van der Waals surface area contributed by atoms with Crippen LogP contribution in [-0.4, -0.2) is 26.0 Å². The fraction of sp³-hybridized carbons (Fsp3) is 0.500. The number of sulfonamides is 1. The molecule has 20 heavy (non-hydrogen) atoms. The molecule has 1 atom stereocenters. The van der Waals surface area contributed by atoms with Crippen LogP contribution in [0.2, 0.25) is 0 Å². The molecule has 1 aromatic carbocycles. The van der Waals surface area contributed by atoms with Crippen molar-refractivity contribution in [2.75, 3.05) is 6.54 Å². The Morgan fingerprint density at radius 2 is 1.90 bits per heavy atom. The molecule has 0 amide bonds. The zero-order chi connectivity index (χ0) is 15.5. The van der Waals surface area contributed by atoms with E-state index in [1.54, 1.807) is 6.92 Å². The lowest BCUT2D eigenvalue weighted by Crippen LogP contribution is -2.30. The van der Waals surface area contributed by atoms with Crippen molar-refractivity contribution in [2.45, 2.75) is 32.6 Å². The van der Waals surface area contributed by atoms with Gasteiger partial charge in [-0.25, -0.2) is 17.9 Å². The van der Waals surface area contributed by atoms with Gasteiger partial charge in [-0.1, -0.05) is 26.8 Å². The normalized spacial score (nSPS) is 13.4. The number of carboxylic acids is 1. The topological polar surface area (TPSA) is 83.5 Å². The number of carbonyl (C=O) groups is 1. The quantitative estimate of drug-likeness (QED) is 0.844. The predicted octanol–water partition coefficient (Wildman–Crippen LogP) is 2.26. The molecular weight excluding hydrogens is 278 g/mol. The molecule has 0 heterocycles. The van der Waals surface area contributed by atoms with Crippen molar-refractivity contribution in [3.63, 3.8) is 0 Å². The molecule has 0 bridgehead atoms. The molecule has 0 spiro atoms. The molecular formula is C14H21NO4S. The summed E-state index contributed by atoms with van der Waals surface area (Å²) < 4.78 is 26.8. The molecule has 1 aromatic rings. The first-order valence-electron chi connectivity index (χ1n) is 6.48. The summed E-state index contributed by atoms with van der Waals surface area (Å²) in [7, 11) is -3.67. The fourth-order valence-corrected chi connectivity index (χ4v) is 2.73. The predicted molar refractivity (Wildman–Crippen MR) is 77.3 cm³/mol. The highest BCUT2D eigenvalue weighted by molar-refractivity contribution is 7.89. The number of hydrogen-bond acceptors (Lipinski definition) is 3. The highest BCUT2D eigenvalue weighted by Gasteiger charge is 2.19. The Labute approximate surface area is 120 Å². The monoisotopic (exact) mass is 299 g/mol. The van der Waals surface area contributed by atoms with Crippen molar-refractivity contribution >= 4 is 16.0 Å². The summed E-state index contributed by atoms with van der Waals surface area (Å²) in [5, 5.41) is 9.03. The maximum absolute atomic E-state index is 12.1. The Bertz CT molecular complexity index is 593. The first kappa shape index (κ1) is 16.7. The number of nitrogens with one attached hydrogen (secondary N) is 1. The molecule has 0 saturated carbocycles. The summed E-state index contributed by atoms with van der Waals surface area (Å²) in [6.07, 6.45) is 0. The molecule has 1 unspecified atom stereocenters. The Hall–Kier alpha value is -1.40. The van der Waals surface area contributed by atoms with Gasteiger partial charge in [-0.05, 0) is 36.5 Å². The number of carboxylic acid groups (broad SMARTS) is 1. The molecule has 2 N–H and O–H groups in total. The van der Waals surface area contributed by atoms with Gasteiger partial charge in [0.2, 0.25) is 10.0 Å². The van der Waals surface area contributed by atoms with Gasteiger partial charge in [0.15, 0.2) is 0 Å². The summed E-state index contributed by atoms with van der Waals surface area (Å²) in [5.41, 5.74) is 0.539. The van der Waals surface area contributed by atoms with E-state index in [0.29, 0.717) is 18.0 Å². The summed E-state index contributed by atoms with van der Waals surface area (Å²) in [6.45, 7) is 7.97. The third-order valence-corrected chi connectivity index (χ3v) is 4.90. The summed E-state index contributed by atoms with van der Waals surface area (Å²) in [6, 6.07) is 4.12. The lowest BCUT2D eigenvalue weighted by atomic mass is 9.99. The highest BCUT2D eigenvalue weighted by Crippen LogP contribution is 2.16. The third kappa shape index (κ3) is 4.05.